The number of amides is 1. The van der Waals surface area contributed by atoms with E-state index in [0.717, 1.165) is 32.5 Å². The maximum Gasteiger partial charge on any atom is 0.219 e. The predicted octanol–water partition coefficient (Wildman–Crippen LogP) is 1.50. The van der Waals surface area contributed by atoms with Crippen LogP contribution in [0.3, 0.4) is 0 Å². The first kappa shape index (κ1) is 11.6. The zero-order valence-electron chi connectivity index (χ0n) is 9.61. The maximum absolute atomic E-state index is 11.3. The third-order valence-electron chi connectivity index (χ3n) is 3.02. The van der Waals surface area contributed by atoms with Gasteiger partial charge in [-0.2, -0.15) is 0 Å². The van der Waals surface area contributed by atoms with Crippen molar-refractivity contribution >= 4 is 17.2 Å². The molecule has 0 radical (unpaired) electrons. The molecule has 1 aromatic rings. The Hall–Kier alpha value is -0.870. The van der Waals surface area contributed by atoms with Crippen LogP contribution in [0.4, 0.5) is 0 Å². The first-order valence-corrected chi connectivity index (χ1v) is 6.65. The van der Waals surface area contributed by atoms with Gasteiger partial charge in [-0.1, -0.05) is 6.07 Å². The molecule has 1 aromatic heterocycles. The second-order valence-electron chi connectivity index (χ2n) is 4.23. The summed E-state index contributed by atoms with van der Waals surface area (Å²) in [5.41, 5.74) is 0. The molecule has 1 unspecified atom stereocenters. The van der Waals surface area contributed by atoms with Crippen LogP contribution in [0, 0.1) is 0 Å². The summed E-state index contributed by atoms with van der Waals surface area (Å²) in [5.74, 6) is 0.197. The summed E-state index contributed by atoms with van der Waals surface area (Å²) in [6.07, 6.45) is 2.23. The van der Waals surface area contributed by atoms with Crippen LogP contribution in [-0.4, -0.2) is 36.5 Å². The molecule has 0 saturated carbocycles. The van der Waals surface area contributed by atoms with E-state index in [1.807, 2.05) is 16.2 Å². The molecular formula is C12H18N2OS. The number of aryl methyl sites for hydroxylation is 1. The van der Waals surface area contributed by atoms with E-state index in [2.05, 4.69) is 22.8 Å². The molecule has 1 fully saturated rings. The molecule has 1 amide bonds. The SMILES string of the molecule is CC(=O)N1CCNC(CCc2cccs2)C1. The molecule has 1 N–H and O–H groups in total. The molecule has 4 heteroatoms. The summed E-state index contributed by atoms with van der Waals surface area (Å²) in [4.78, 5) is 14.6. The molecule has 2 heterocycles. The maximum atomic E-state index is 11.3. The number of hydrogen-bond acceptors (Lipinski definition) is 3. The summed E-state index contributed by atoms with van der Waals surface area (Å²) in [6.45, 7) is 4.29. The van der Waals surface area contributed by atoms with E-state index in [4.69, 9.17) is 0 Å². The van der Waals surface area contributed by atoms with Gasteiger partial charge in [-0.05, 0) is 24.3 Å². The van der Waals surface area contributed by atoms with Crippen molar-refractivity contribution in [1.82, 2.24) is 10.2 Å². The zero-order valence-corrected chi connectivity index (χ0v) is 10.4. The van der Waals surface area contributed by atoms with Crippen LogP contribution < -0.4 is 5.32 Å². The third kappa shape index (κ3) is 3.06. The average molecular weight is 238 g/mol. The lowest BCUT2D eigenvalue weighted by Crippen LogP contribution is -2.52. The molecule has 0 aromatic carbocycles. The second kappa shape index (κ2) is 5.46. The quantitative estimate of drug-likeness (QED) is 0.865. The summed E-state index contributed by atoms with van der Waals surface area (Å²) in [7, 11) is 0. The Morgan fingerprint density at radius 1 is 1.69 bits per heavy atom. The monoisotopic (exact) mass is 238 g/mol. The molecule has 0 bridgehead atoms. The van der Waals surface area contributed by atoms with Gasteiger partial charge in [0.05, 0.1) is 0 Å². The average Bonchev–Trinajstić information content (AvgIpc) is 2.79. The molecular weight excluding hydrogens is 220 g/mol. The minimum absolute atomic E-state index is 0.197. The fraction of sp³-hybridized carbons (Fsp3) is 0.583. The highest BCUT2D eigenvalue weighted by atomic mass is 32.1. The zero-order chi connectivity index (χ0) is 11.4. The van der Waals surface area contributed by atoms with Gasteiger partial charge < -0.3 is 10.2 Å². The highest BCUT2D eigenvalue weighted by molar-refractivity contribution is 7.09. The third-order valence-corrected chi connectivity index (χ3v) is 3.96. The van der Waals surface area contributed by atoms with Crippen molar-refractivity contribution in [2.45, 2.75) is 25.8 Å². The van der Waals surface area contributed by atoms with Crippen molar-refractivity contribution in [3.05, 3.63) is 22.4 Å². The largest absolute Gasteiger partial charge is 0.340 e. The van der Waals surface area contributed by atoms with Crippen LogP contribution >= 0.6 is 11.3 Å². The van der Waals surface area contributed by atoms with Gasteiger partial charge in [-0.3, -0.25) is 4.79 Å². The van der Waals surface area contributed by atoms with Crippen LogP contribution in [0.25, 0.3) is 0 Å². The predicted molar refractivity (Wildman–Crippen MR) is 66.7 cm³/mol. The van der Waals surface area contributed by atoms with Gasteiger partial charge in [0, 0.05) is 37.5 Å². The Balaban J connectivity index is 1.79. The molecule has 3 nitrogen and oxygen atoms in total. The standard InChI is InChI=1S/C12H18N2OS/c1-10(15)14-7-6-13-11(9-14)4-5-12-3-2-8-16-12/h2-3,8,11,13H,4-7,9H2,1H3. The minimum Gasteiger partial charge on any atom is -0.340 e. The van der Waals surface area contributed by atoms with Crippen molar-refractivity contribution in [3.63, 3.8) is 0 Å². The lowest BCUT2D eigenvalue weighted by molar-refractivity contribution is -0.130. The molecule has 1 atom stereocenters. The number of carbonyl (C=O) groups excluding carboxylic acids is 1. The van der Waals surface area contributed by atoms with Gasteiger partial charge in [-0.25, -0.2) is 0 Å². The number of nitrogens with one attached hydrogen (secondary N) is 1. The lowest BCUT2D eigenvalue weighted by atomic mass is 10.1. The smallest absolute Gasteiger partial charge is 0.219 e. The molecule has 1 saturated heterocycles. The summed E-state index contributed by atoms with van der Waals surface area (Å²) < 4.78 is 0. The van der Waals surface area contributed by atoms with Gasteiger partial charge in [0.15, 0.2) is 0 Å². The number of hydrogen-bond donors (Lipinski definition) is 1. The van der Waals surface area contributed by atoms with Crippen LogP contribution in [0.1, 0.15) is 18.2 Å². The van der Waals surface area contributed by atoms with Crippen LogP contribution in [-0.2, 0) is 11.2 Å². The van der Waals surface area contributed by atoms with Crippen molar-refractivity contribution in [1.29, 1.82) is 0 Å². The van der Waals surface area contributed by atoms with Gasteiger partial charge in [0.25, 0.3) is 0 Å². The van der Waals surface area contributed by atoms with Gasteiger partial charge in [-0.15, -0.1) is 11.3 Å². The van der Waals surface area contributed by atoms with Gasteiger partial charge >= 0.3 is 0 Å². The molecule has 88 valence electrons. The summed E-state index contributed by atoms with van der Waals surface area (Å²) in [5, 5.41) is 5.59. The van der Waals surface area contributed by atoms with E-state index in [0.29, 0.717) is 6.04 Å². The molecule has 0 spiro atoms. The lowest BCUT2D eigenvalue weighted by Gasteiger charge is -2.33. The molecule has 1 aliphatic heterocycles. The molecule has 1 aliphatic rings. The van der Waals surface area contributed by atoms with Crippen LogP contribution in [0.15, 0.2) is 17.5 Å². The molecule has 2 rings (SSSR count). The van der Waals surface area contributed by atoms with E-state index in [1.165, 1.54) is 4.88 Å². The van der Waals surface area contributed by atoms with Crippen molar-refractivity contribution in [2.24, 2.45) is 0 Å². The van der Waals surface area contributed by atoms with E-state index >= 15 is 0 Å². The van der Waals surface area contributed by atoms with Crippen molar-refractivity contribution in [3.8, 4) is 0 Å². The Morgan fingerprint density at radius 3 is 3.25 bits per heavy atom. The minimum atomic E-state index is 0.197. The Bertz CT molecular complexity index is 337. The second-order valence-corrected chi connectivity index (χ2v) is 5.27. The highest BCUT2D eigenvalue weighted by Gasteiger charge is 2.20. The Kier molecular flexibility index (Phi) is 3.96. The summed E-state index contributed by atoms with van der Waals surface area (Å²) >= 11 is 1.81. The van der Waals surface area contributed by atoms with Gasteiger partial charge in [0.1, 0.15) is 0 Å². The Morgan fingerprint density at radius 2 is 2.56 bits per heavy atom. The topological polar surface area (TPSA) is 32.3 Å². The molecule has 16 heavy (non-hydrogen) atoms. The van der Waals surface area contributed by atoms with E-state index in [-0.39, 0.29) is 5.91 Å². The van der Waals surface area contributed by atoms with E-state index in [9.17, 15) is 4.79 Å². The first-order valence-electron chi connectivity index (χ1n) is 5.77. The fourth-order valence-electron chi connectivity index (χ4n) is 2.08. The summed E-state index contributed by atoms with van der Waals surface area (Å²) in [6, 6.07) is 4.73. The van der Waals surface area contributed by atoms with Gasteiger partial charge in [0.2, 0.25) is 5.91 Å². The van der Waals surface area contributed by atoms with Crippen molar-refractivity contribution in [2.75, 3.05) is 19.6 Å². The Labute approximate surface area is 100 Å². The van der Waals surface area contributed by atoms with Crippen molar-refractivity contribution < 1.29 is 4.79 Å². The number of piperazine rings is 1. The first-order chi connectivity index (χ1) is 7.75. The highest BCUT2D eigenvalue weighted by Crippen LogP contribution is 2.13. The fourth-order valence-corrected chi connectivity index (χ4v) is 2.80. The van der Waals surface area contributed by atoms with E-state index < -0.39 is 0 Å². The van der Waals surface area contributed by atoms with E-state index in [1.54, 1.807) is 6.92 Å². The number of carbonyl (C=O) groups is 1. The van der Waals surface area contributed by atoms with Crippen LogP contribution in [0.2, 0.25) is 0 Å². The number of rotatable bonds is 3. The normalized spacial score (nSPS) is 21.1. The number of nitrogens with zero attached hydrogens (tertiary/aromatic N) is 1. The number of thiophene rings is 1. The van der Waals surface area contributed by atoms with Crippen LogP contribution in [0.5, 0.6) is 0 Å². The molecule has 0 aliphatic carbocycles.